The average Bonchev–Trinajstić information content (AvgIpc) is 2.98. The van der Waals surface area contributed by atoms with Gasteiger partial charge in [-0.25, -0.2) is 9.59 Å². The second-order valence-corrected chi connectivity index (χ2v) is 10.5. The van der Waals surface area contributed by atoms with E-state index in [-0.39, 0.29) is 56.9 Å². The minimum Gasteiger partial charge on any atom is -0.462 e. The predicted octanol–water partition coefficient (Wildman–Crippen LogP) is 2.63. The number of esters is 1. The van der Waals surface area contributed by atoms with E-state index < -0.39 is 30.1 Å². The van der Waals surface area contributed by atoms with Crippen LogP contribution < -0.4 is 10.6 Å². The van der Waals surface area contributed by atoms with Gasteiger partial charge in [-0.1, -0.05) is 66.7 Å². The Morgan fingerprint density at radius 1 is 1.05 bits per heavy atom. The fourth-order valence-corrected chi connectivity index (χ4v) is 4.98. The lowest BCUT2D eigenvalue weighted by molar-refractivity contribution is -0.147. The van der Waals surface area contributed by atoms with E-state index in [9.17, 15) is 24.3 Å². The molecule has 2 aromatic carbocycles. The Hall–Kier alpha value is -4.18. The largest absolute Gasteiger partial charge is 0.462 e. The standard InChI is InChI=1S/C31H37N3O7/c1-21-19-40-30(38)27(33-31(39)41-20-22-9-3-2-4-10-22)14-8-7-12-24(29(37)32-21)16-28(36)34-17-25-13-6-5-11-23(25)15-26(34)18-35/h2-11,13,21,24,26-27,35H,12,14-20H2,1H3,(H,32,37)(H,33,39). The van der Waals surface area contributed by atoms with E-state index in [1.54, 1.807) is 24.0 Å². The van der Waals surface area contributed by atoms with Crippen molar-refractivity contribution in [1.29, 1.82) is 0 Å². The number of carbonyl (C=O) groups is 4. The van der Waals surface area contributed by atoms with E-state index in [0.717, 1.165) is 16.7 Å². The molecule has 4 rings (SSSR count). The van der Waals surface area contributed by atoms with Gasteiger partial charge in [0.15, 0.2) is 0 Å². The second-order valence-electron chi connectivity index (χ2n) is 10.5. The molecule has 218 valence electrons. The van der Waals surface area contributed by atoms with Crippen molar-refractivity contribution in [1.82, 2.24) is 15.5 Å². The van der Waals surface area contributed by atoms with Crippen LogP contribution in [-0.2, 0) is 43.4 Å². The summed E-state index contributed by atoms with van der Waals surface area (Å²) in [5.41, 5.74) is 2.95. The number of benzene rings is 2. The highest BCUT2D eigenvalue weighted by Gasteiger charge is 2.32. The lowest BCUT2D eigenvalue weighted by Crippen LogP contribution is -2.48. The normalized spacial score (nSPS) is 23.2. The summed E-state index contributed by atoms with van der Waals surface area (Å²) in [6, 6.07) is 15.2. The first-order valence-electron chi connectivity index (χ1n) is 13.9. The van der Waals surface area contributed by atoms with Crippen LogP contribution in [0.3, 0.4) is 0 Å². The number of amides is 3. The Kier molecular flexibility index (Phi) is 10.5. The smallest absolute Gasteiger partial charge is 0.408 e. The molecular formula is C31H37N3O7. The molecule has 0 saturated heterocycles. The molecule has 10 heteroatoms. The molecule has 4 unspecified atom stereocenters. The lowest BCUT2D eigenvalue weighted by Gasteiger charge is -2.36. The van der Waals surface area contributed by atoms with Crippen LogP contribution in [0.25, 0.3) is 0 Å². The molecule has 2 heterocycles. The number of nitrogens with one attached hydrogen (secondary N) is 2. The summed E-state index contributed by atoms with van der Waals surface area (Å²) in [4.78, 5) is 53.2. The third kappa shape index (κ3) is 8.40. The lowest BCUT2D eigenvalue weighted by atomic mass is 9.92. The number of hydrogen-bond donors (Lipinski definition) is 3. The fraction of sp³-hybridized carbons (Fsp3) is 0.419. The first-order valence-corrected chi connectivity index (χ1v) is 13.9. The van der Waals surface area contributed by atoms with Gasteiger partial charge in [-0.2, -0.15) is 0 Å². The summed E-state index contributed by atoms with van der Waals surface area (Å²) < 4.78 is 10.6. The van der Waals surface area contributed by atoms with Gasteiger partial charge in [-0.15, -0.1) is 0 Å². The van der Waals surface area contributed by atoms with E-state index in [1.165, 1.54) is 0 Å². The van der Waals surface area contributed by atoms with Crippen molar-refractivity contribution < 1.29 is 33.8 Å². The molecule has 0 spiro atoms. The van der Waals surface area contributed by atoms with E-state index in [1.807, 2.05) is 54.6 Å². The number of aliphatic hydroxyl groups excluding tert-OH is 1. The van der Waals surface area contributed by atoms with Crippen LogP contribution in [0.5, 0.6) is 0 Å². The Bertz CT molecular complexity index is 1250. The van der Waals surface area contributed by atoms with Gasteiger partial charge in [0, 0.05) is 13.0 Å². The van der Waals surface area contributed by atoms with E-state index >= 15 is 0 Å². The molecule has 2 aliphatic rings. The maximum Gasteiger partial charge on any atom is 0.408 e. The fourth-order valence-electron chi connectivity index (χ4n) is 4.98. The third-order valence-electron chi connectivity index (χ3n) is 7.29. The van der Waals surface area contributed by atoms with Crippen molar-refractivity contribution in [2.45, 2.75) is 63.9 Å². The van der Waals surface area contributed by atoms with Crippen LogP contribution >= 0.6 is 0 Å². The predicted molar refractivity (Wildman–Crippen MR) is 150 cm³/mol. The summed E-state index contributed by atoms with van der Waals surface area (Å²) in [6.07, 6.45) is 3.59. The minimum absolute atomic E-state index is 0.0329. The highest BCUT2D eigenvalue weighted by Crippen LogP contribution is 2.25. The van der Waals surface area contributed by atoms with Crippen LogP contribution in [-0.4, -0.2) is 65.2 Å². The van der Waals surface area contributed by atoms with Crippen molar-refractivity contribution >= 4 is 23.9 Å². The van der Waals surface area contributed by atoms with Gasteiger partial charge in [-0.05, 0) is 42.9 Å². The van der Waals surface area contributed by atoms with E-state index in [2.05, 4.69) is 10.6 Å². The highest BCUT2D eigenvalue weighted by molar-refractivity contribution is 5.86. The molecule has 0 saturated carbocycles. The third-order valence-corrected chi connectivity index (χ3v) is 7.29. The number of fused-ring (bicyclic) bond motifs is 1. The number of hydrogen-bond acceptors (Lipinski definition) is 7. The Morgan fingerprint density at radius 2 is 1.76 bits per heavy atom. The highest BCUT2D eigenvalue weighted by atomic mass is 16.6. The molecule has 2 aromatic rings. The minimum atomic E-state index is -0.976. The number of ether oxygens (including phenoxy) is 2. The molecule has 0 aromatic heterocycles. The molecule has 0 aliphatic carbocycles. The quantitative estimate of drug-likeness (QED) is 0.363. The number of carbonyl (C=O) groups excluding carboxylic acids is 4. The van der Waals surface area contributed by atoms with E-state index in [4.69, 9.17) is 9.47 Å². The molecule has 3 amide bonds. The number of rotatable bonds is 6. The first-order chi connectivity index (χ1) is 19.8. The van der Waals surface area contributed by atoms with Crippen LogP contribution in [0.4, 0.5) is 4.79 Å². The van der Waals surface area contributed by atoms with Gasteiger partial charge < -0.3 is 30.1 Å². The summed E-state index contributed by atoms with van der Waals surface area (Å²) in [7, 11) is 0. The van der Waals surface area contributed by atoms with Crippen LogP contribution in [0, 0.1) is 5.92 Å². The van der Waals surface area contributed by atoms with Crippen molar-refractivity contribution in [2.75, 3.05) is 13.2 Å². The van der Waals surface area contributed by atoms with Gasteiger partial charge in [0.05, 0.1) is 24.6 Å². The summed E-state index contributed by atoms with van der Waals surface area (Å²) in [6.45, 7) is 1.88. The molecule has 3 N–H and O–H groups in total. The molecule has 4 atom stereocenters. The molecule has 10 nitrogen and oxygen atoms in total. The van der Waals surface area contributed by atoms with Crippen molar-refractivity contribution in [3.63, 3.8) is 0 Å². The molecule has 0 bridgehead atoms. The van der Waals surface area contributed by atoms with Crippen LogP contribution in [0.15, 0.2) is 66.7 Å². The Balaban J connectivity index is 1.39. The Labute approximate surface area is 239 Å². The zero-order valence-corrected chi connectivity index (χ0v) is 23.2. The van der Waals surface area contributed by atoms with Crippen LogP contribution in [0.2, 0.25) is 0 Å². The molecular weight excluding hydrogens is 526 g/mol. The van der Waals surface area contributed by atoms with Crippen molar-refractivity contribution in [2.24, 2.45) is 5.92 Å². The molecule has 0 fully saturated rings. The first kappa shape index (κ1) is 29.8. The van der Waals surface area contributed by atoms with Crippen molar-refractivity contribution in [3.8, 4) is 0 Å². The van der Waals surface area contributed by atoms with Gasteiger partial charge in [0.2, 0.25) is 11.8 Å². The van der Waals surface area contributed by atoms with Gasteiger partial charge in [-0.3, -0.25) is 9.59 Å². The monoisotopic (exact) mass is 563 g/mol. The SMILES string of the molecule is CC1COC(=O)C(NC(=O)OCc2ccccc2)CC=CCC(CC(=O)N2Cc3ccccc3CC2CO)C(=O)N1. The topological polar surface area (TPSA) is 134 Å². The van der Waals surface area contributed by atoms with Gasteiger partial charge in [0.25, 0.3) is 0 Å². The summed E-state index contributed by atoms with van der Waals surface area (Å²) >= 11 is 0. The maximum absolute atomic E-state index is 13.4. The number of nitrogens with zero attached hydrogens (tertiary/aromatic N) is 1. The van der Waals surface area contributed by atoms with Crippen molar-refractivity contribution in [3.05, 3.63) is 83.4 Å². The number of aliphatic hydroxyl groups is 1. The Morgan fingerprint density at radius 3 is 2.51 bits per heavy atom. The van der Waals surface area contributed by atoms with Gasteiger partial charge >= 0.3 is 12.1 Å². The molecule has 2 aliphatic heterocycles. The maximum atomic E-state index is 13.4. The second kappa shape index (κ2) is 14.5. The zero-order valence-electron chi connectivity index (χ0n) is 23.2. The molecule has 0 radical (unpaired) electrons. The van der Waals surface area contributed by atoms with Gasteiger partial charge in [0.1, 0.15) is 19.3 Å². The zero-order chi connectivity index (χ0) is 29.2. The van der Waals surface area contributed by atoms with E-state index in [0.29, 0.717) is 13.0 Å². The summed E-state index contributed by atoms with van der Waals surface area (Å²) in [5, 5.41) is 15.4. The number of alkyl carbamates (subject to hydrolysis) is 1. The molecule has 41 heavy (non-hydrogen) atoms. The number of cyclic esters (lactones) is 1. The summed E-state index contributed by atoms with van der Waals surface area (Å²) in [5.74, 6) is -1.82. The van der Waals surface area contributed by atoms with Crippen LogP contribution in [0.1, 0.15) is 42.9 Å². The number of allylic oxidation sites excluding steroid dienone is 1. The average molecular weight is 564 g/mol.